The number of nitrogens with one attached hydrogen (secondary N) is 1. The molecule has 0 aromatic heterocycles. The van der Waals surface area contributed by atoms with Crippen LogP contribution in [0.2, 0.25) is 5.02 Å². The third kappa shape index (κ3) is 3.70. The molecule has 1 unspecified atom stereocenters. The van der Waals surface area contributed by atoms with Crippen LogP contribution in [0.1, 0.15) is 23.2 Å². The van der Waals surface area contributed by atoms with E-state index in [1.54, 1.807) is 34.1 Å². The molecule has 1 aromatic rings. The Labute approximate surface area is 145 Å². The molecule has 2 aliphatic heterocycles. The Morgan fingerprint density at radius 1 is 1.12 bits per heavy atom. The van der Waals surface area contributed by atoms with Gasteiger partial charge in [-0.25, -0.2) is 0 Å². The number of benzene rings is 1. The van der Waals surface area contributed by atoms with Crippen LogP contribution in [0, 0.1) is 5.92 Å². The summed E-state index contributed by atoms with van der Waals surface area (Å²) in [5.74, 6) is -0.473. The maximum atomic E-state index is 12.6. The van der Waals surface area contributed by atoms with E-state index in [-0.39, 0.29) is 30.2 Å². The van der Waals surface area contributed by atoms with Gasteiger partial charge in [-0.3, -0.25) is 14.4 Å². The highest BCUT2D eigenvalue weighted by molar-refractivity contribution is 6.30. The van der Waals surface area contributed by atoms with E-state index < -0.39 is 0 Å². The van der Waals surface area contributed by atoms with Gasteiger partial charge in [-0.05, 0) is 37.1 Å². The highest BCUT2D eigenvalue weighted by Crippen LogP contribution is 2.21. The van der Waals surface area contributed by atoms with Crippen molar-refractivity contribution in [3.63, 3.8) is 0 Å². The average Bonchev–Trinajstić information content (AvgIpc) is 2.61. The van der Waals surface area contributed by atoms with Crippen molar-refractivity contribution in [1.82, 2.24) is 15.1 Å². The lowest BCUT2D eigenvalue weighted by molar-refractivity contribution is -0.142. The summed E-state index contributed by atoms with van der Waals surface area (Å²) in [4.78, 5) is 40.0. The van der Waals surface area contributed by atoms with E-state index in [0.29, 0.717) is 36.8 Å². The molecule has 128 valence electrons. The molecule has 0 aliphatic carbocycles. The summed E-state index contributed by atoms with van der Waals surface area (Å²) in [6.07, 6.45) is 1.54. The molecule has 6 nitrogen and oxygen atoms in total. The highest BCUT2D eigenvalue weighted by atomic mass is 35.5. The van der Waals surface area contributed by atoms with E-state index in [1.807, 2.05) is 0 Å². The number of piperidine rings is 1. The molecule has 0 saturated carbocycles. The summed E-state index contributed by atoms with van der Waals surface area (Å²) < 4.78 is 0. The summed E-state index contributed by atoms with van der Waals surface area (Å²) in [5.41, 5.74) is 0.574. The zero-order valence-corrected chi connectivity index (χ0v) is 14.1. The number of amides is 3. The van der Waals surface area contributed by atoms with Crippen LogP contribution in [0.5, 0.6) is 0 Å². The fraction of sp³-hybridized carbons (Fsp3) is 0.471. The van der Waals surface area contributed by atoms with Crippen molar-refractivity contribution in [1.29, 1.82) is 0 Å². The zero-order chi connectivity index (χ0) is 17.1. The quantitative estimate of drug-likeness (QED) is 0.870. The number of halogens is 1. The van der Waals surface area contributed by atoms with Crippen LogP contribution < -0.4 is 5.32 Å². The first-order valence-electron chi connectivity index (χ1n) is 8.15. The van der Waals surface area contributed by atoms with Crippen molar-refractivity contribution in [3.8, 4) is 0 Å². The fourth-order valence-electron chi connectivity index (χ4n) is 3.22. The second-order valence-corrected chi connectivity index (χ2v) is 6.64. The monoisotopic (exact) mass is 349 g/mol. The van der Waals surface area contributed by atoms with Gasteiger partial charge in [-0.2, -0.15) is 0 Å². The van der Waals surface area contributed by atoms with Gasteiger partial charge < -0.3 is 15.1 Å². The van der Waals surface area contributed by atoms with Gasteiger partial charge in [-0.15, -0.1) is 0 Å². The van der Waals surface area contributed by atoms with Crippen LogP contribution in [0.4, 0.5) is 0 Å². The fourth-order valence-corrected chi connectivity index (χ4v) is 3.35. The Hall–Kier alpha value is -2.08. The first kappa shape index (κ1) is 16.8. The molecule has 7 heteroatoms. The molecule has 3 rings (SSSR count). The number of piperazine rings is 1. The number of carbonyl (C=O) groups is 3. The van der Waals surface area contributed by atoms with Crippen molar-refractivity contribution in [3.05, 3.63) is 34.9 Å². The molecule has 2 fully saturated rings. The van der Waals surface area contributed by atoms with Gasteiger partial charge in [0.15, 0.2) is 0 Å². The summed E-state index contributed by atoms with van der Waals surface area (Å²) in [7, 11) is 0. The minimum absolute atomic E-state index is 0.0292. The molecule has 0 bridgehead atoms. The van der Waals surface area contributed by atoms with Gasteiger partial charge >= 0.3 is 0 Å². The van der Waals surface area contributed by atoms with Crippen LogP contribution in [0.25, 0.3) is 0 Å². The van der Waals surface area contributed by atoms with Gasteiger partial charge in [0.2, 0.25) is 11.8 Å². The van der Waals surface area contributed by atoms with E-state index in [9.17, 15) is 14.4 Å². The molecule has 2 heterocycles. The second-order valence-electron chi connectivity index (χ2n) is 6.21. The van der Waals surface area contributed by atoms with E-state index in [2.05, 4.69) is 5.32 Å². The molecule has 3 amide bonds. The number of hydrogen-bond acceptors (Lipinski definition) is 3. The lowest BCUT2D eigenvalue weighted by Gasteiger charge is -2.36. The van der Waals surface area contributed by atoms with E-state index in [1.165, 1.54) is 0 Å². The van der Waals surface area contributed by atoms with Crippen LogP contribution in [-0.4, -0.2) is 60.2 Å². The lowest BCUT2D eigenvalue weighted by Crippen LogP contribution is -2.54. The number of likely N-dealkylation sites (tertiary alicyclic amines) is 1. The van der Waals surface area contributed by atoms with Crippen molar-refractivity contribution in [2.75, 3.05) is 32.7 Å². The smallest absolute Gasteiger partial charge is 0.253 e. The molecule has 1 atom stereocenters. The SMILES string of the molecule is O=C1CN(C(=O)C2CCCN(C(=O)c3ccc(Cl)cc3)C2)CCN1. The molecular formula is C17H20ClN3O3. The Morgan fingerprint density at radius 3 is 2.58 bits per heavy atom. The Kier molecular flexibility index (Phi) is 5.04. The third-order valence-electron chi connectivity index (χ3n) is 4.50. The normalized spacial score (nSPS) is 21.4. The molecule has 2 aliphatic rings. The summed E-state index contributed by atoms with van der Waals surface area (Å²) >= 11 is 5.86. The van der Waals surface area contributed by atoms with Gasteiger partial charge in [0.25, 0.3) is 5.91 Å². The van der Waals surface area contributed by atoms with Crippen LogP contribution >= 0.6 is 11.6 Å². The Morgan fingerprint density at radius 2 is 1.88 bits per heavy atom. The average molecular weight is 350 g/mol. The topological polar surface area (TPSA) is 69.7 Å². The largest absolute Gasteiger partial charge is 0.353 e. The highest BCUT2D eigenvalue weighted by Gasteiger charge is 2.33. The first-order chi connectivity index (χ1) is 11.5. The zero-order valence-electron chi connectivity index (χ0n) is 13.3. The Bertz CT molecular complexity index is 647. The molecular weight excluding hydrogens is 330 g/mol. The number of carbonyl (C=O) groups excluding carboxylic acids is 3. The minimum Gasteiger partial charge on any atom is -0.353 e. The third-order valence-corrected chi connectivity index (χ3v) is 4.75. The van der Waals surface area contributed by atoms with E-state index >= 15 is 0 Å². The number of nitrogens with zero attached hydrogens (tertiary/aromatic N) is 2. The number of rotatable bonds is 2. The van der Waals surface area contributed by atoms with Gasteiger partial charge in [-0.1, -0.05) is 11.6 Å². The summed E-state index contributed by atoms with van der Waals surface area (Å²) in [6.45, 7) is 2.18. The number of hydrogen-bond donors (Lipinski definition) is 1. The first-order valence-corrected chi connectivity index (χ1v) is 8.53. The van der Waals surface area contributed by atoms with E-state index in [0.717, 1.165) is 12.8 Å². The maximum absolute atomic E-state index is 12.6. The predicted octanol–water partition coefficient (Wildman–Crippen LogP) is 1.15. The van der Waals surface area contributed by atoms with Gasteiger partial charge in [0, 0.05) is 36.8 Å². The van der Waals surface area contributed by atoms with E-state index in [4.69, 9.17) is 11.6 Å². The second kappa shape index (κ2) is 7.21. The van der Waals surface area contributed by atoms with Crippen LogP contribution in [0.3, 0.4) is 0 Å². The predicted molar refractivity (Wildman–Crippen MR) is 89.7 cm³/mol. The molecule has 1 aromatic carbocycles. The van der Waals surface area contributed by atoms with Crippen molar-refractivity contribution in [2.45, 2.75) is 12.8 Å². The molecule has 0 radical (unpaired) electrons. The summed E-state index contributed by atoms with van der Waals surface area (Å²) in [5, 5.41) is 3.30. The minimum atomic E-state index is -0.235. The van der Waals surface area contributed by atoms with Crippen LogP contribution in [0.15, 0.2) is 24.3 Å². The van der Waals surface area contributed by atoms with Gasteiger partial charge in [0.1, 0.15) is 0 Å². The molecule has 1 N–H and O–H groups in total. The van der Waals surface area contributed by atoms with Crippen LogP contribution in [-0.2, 0) is 9.59 Å². The molecule has 2 saturated heterocycles. The standard InChI is InChI=1S/C17H20ClN3O3/c18-14-5-3-12(4-6-14)16(23)20-8-1-2-13(10-20)17(24)21-9-7-19-15(22)11-21/h3-6,13H,1-2,7-11H2,(H,19,22). The van der Waals surface area contributed by atoms with Crippen molar-refractivity contribution < 1.29 is 14.4 Å². The van der Waals surface area contributed by atoms with Crippen molar-refractivity contribution in [2.24, 2.45) is 5.92 Å². The molecule has 24 heavy (non-hydrogen) atoms. The molecule has 0 spiro atoms. The van der Waals surface area contributed by atoms with Gasteiger partial charge in [0.05, 0.1) is 12.5 Å². The maximum Gasteiger partial charge on any atom is 0.253 e. The lowest BCUT2D eigenvalue weighted by atomic mass is 9.95. The summed E-state index contributed by atoms with van der Waals surface area (Å²) in [6, 6.07) is 6.78. The van der Waals surface area contributed by atoms with Crippen molar-refractivity contribution >= 4 is 29.3 Å². The Balaban J connectivity index is 1.65.